The van der Waals surface area contributed by atoms with Crippen LogP contribution in [0.2, 0.25) is 0 Å². The molecular weight excluding hydrogens is 1170 g/mol. The summed E-state index contributed by atoms with van der Waals surface area (Å²) in [6, 6.07) is 0. The summed E-state index contributed by atoms with van der Waals surface area (Å²) in [6.45, 7) is 201. The zero-order valence-electron chi connectivity index (χ0n) is 94.2. The van der Waals surface area contributed by atoms with Crippen molar-refractivity contribution in [1.29, 1.82) is 0 Å². The average Bonchev–Trinajstić information content (AvgIpc) is 3.82. The van der Waals surface area contributed by atoms with Gasteiger partial charge >= 0.3 is 0 Å². The highest BCUT2D eigenvalue weighted by Gasteiger charge is 1.95. The van der Waals surface area contributed by atoms with Crippen LogP contribution in [0, 0.1) is 5.41 Å². The van der Waals surface area contributed by atoms with Crippen molar-refractivity contribution in [1.82, 2.24) is 0 Å². The summed E-state index contributed by atoms with van der Waals surface area (Å²) >= 11 is 0. The molecule has 0 aromatic carbocycles. The fraction of sp³-hybridized carbons (Fsp3) is 0.918. The predicted octanol–water partition coefficient (Wildman–Crippen LogP) is 48.4. The molecule has 0 aliphatic heterocycles. The summed E-state index contributed by atoms with van der Waals surface area (Å²) < 4.78 is 0. The standard InChI is InChI=1S/C5H12.42C2H6.4C2H4/c1-5(2,3)4;46*1-2/h1-4H3;42*1-2H3;4*1-2H2. The van der Waals surface area contributed by atoms with E-state index in [0.29, 0.717) is 5.41 Å². The maximum Gasteiger partial charge on any atom is -0.0411 e. The van der Waals surface area contributed by atoms with Crippen LogP contribution >= 0.6 is 0 Å². The molecule has 0 aromatic heterocycles. The van der Waals surface area contributed by atoms with Crippen molar-refractivity contribution in [2.24, 2.45) is 5.41 Å². The average molecular weight is 1450 g/mol. The zero-order chi connectivity index (χ0) is 96.5. The molecule has 0 aliphatic rings. The van der Waals surface area contributed by atoms with Gasteiger partial charge in [-0.3, -0.25) is 0 Å². The van der Waals surface area contributed by atoms with E-state index in [4.69, 9.17) is 0 Å². The van der Waals surface area contributed by atoms with Gasteiger partial charge in [0.25, 0.3) is 0 Å². The van der Waals surface area contributed by atoms with Gasteiger partial charge in [0, 0.05) is 0 Å². The molecule has 668 valence electrons. The van der Waals surface area contributed by atoms with Crippen molar-refractivity contribution in [3.05, 3.63) is 52.6 Å². The van der Waals surface area contributed by atoms with Crippen LogP contribution in [0.3, 0.4) is 0 Å². The van der Waals surface area contributed by atoms with E-state index in [1.54, 1.807) is 0 Å². The van der Waals surface area contributed by atoms with Gasteiger partial charge < -0.3 is 0 Å². The molecule has 97 heavy (non-hydrogen) atoms. The normalized spacial score (nSPS) is 3.38. The SMILES string of the molecule is C=C.C=C.C=C.C=C.CC.CC.CC.CC.CC.CC.CC.CC.CC.CC.CC.CC.CC.CC.CC.CC.CC.CC.CC.CC.CC.CC.CC.CC.CC.CC.CC.CC.CC.CC.CC.CC.CC.CC.CC.CC.CC.CC.CC.CC.CC.CC.CC(C)(C)C. The second-order valence-electron chi connectivity index (χ2n) is 3.00. The van der Waals surface area contributed by atoms with Gasteiger partial charge in [0.05, 0.1) is 0 Å². The lowest BCUT2D eigenvalue weighted by Crippen LogP contribution is -1.93. The molecule has 0 heterocycles. The van der Waals surface area contributed by atoms with E-state index >= 15 is 0 Å². The van der Waals surface area contributed by atoms with Crippen LogP contribution < -0.4 is 0 Å². The van der Waals surface area contributed by atoms with Crippen LogP contribution in [-0.4, -0.2) is 0 Å². The first kappa shape index (κ1) is 361. The van der Waals surface area contributed by atoms with E-state index in [2.05, 4.69) is 80.3 Å². The lowest BCUT2D eigenvalue weighted by atomic mass is 10.0. The van der Waals surface area contributed by atoms with Crippen molar-refractivity contribution in [3.8, 4) is 0 Å². The van der Waals surface area contributed by atoms with Crippen molar-refractivity contribution < 1.29 is 0 Å². The second-order valence-corrected chi connectivity index (χ2v) is 3.00. The largest absolute Gasteiger partial charge is 0.106 e. The Hall–Kier alpha value is -1.04. The van der Waals surface area contributed by atoms with Gasteiger partial charge in [-0.05, 0) is 5.41 Å². The molecule has 0 unspecified atom stereocenters. The molecular formula is C97H280. The summed E-state index contributed by atoms with van der Waals surface area (Å²) in [7, 11) is 0. The fourth-order valence-corrected chi connectivity index (χ4v) is 0. The van der Waals surface area contributed by atoms with Gasteiger partial charge in [0.1, 0.15) is 0 Å². The van der Waals surface area contributed by atoms with E-state index in [9.17, 15) is 0 Å². The van der Waals surface area contributed by atoms with Gasteiger partial charge in [-0.25, -0.2) is 0 Å². The first-order chi connectivity index (χ1) is 48.0. The summed E-state index contributed by atoms with van der Waals surface area (Å²) in [6.07, 6.45) is 0. The summed E-state index contributed by atoms with van der Waals surface area (Å²) in [5.74, 6) is 0. The highest BCUT2D eigenvalue weighted by molar-refractivity contribution is 4.47. The molecule has 0 N–H and O–H groups in total. The molecule has 0 saturated carbocycles. The molecule has 0 spiro atoms. The molecule has 0 aromatic rings. The van der Waals surface area contributed by atoms with Gasteiger partial charge in [-0.1, -0.05) is 609 Å². The highest BCUT2D eigenvalue weighted by Crippen LogP contribution is 2.08. The smallest absolute Gasteiger partial charge is 0.0411 e. The third-order valence-corrected chi connectivity index (χ3v) is 0. The zero-order valence-corrected chi connectivity index (χ0v) is 94.2. The Morgan fingerprint density at radius 2 is 0.0722 bits per heavy atom. The van der Waals surface area contributed by atoms with Gasteiger partial charge in [0.2, 0.25) is 0 Å². The maximum absolute atomic E-state index is 3.00. The molecule has 0 fully saturated rings. The monoisotopic (exact) mass is 1450 g/mol. The Labute approximate surface area is 663 Å². The Bertz CT molecular complexity index is 42.9. The van der Waals surface area contributed by atoms with Crippen LogP contribution in [0.1, 0.15) is 609 Å². The molecule has 0 heteroatoms. The molecule has 0 rings (SSSR count). The molecule has 0 atom stereocenters. The second kappa shape index (κ2) is 34100. The fourth-order valence-electron chi connectivity index (χ4n) is 0. The quantitative estimate of drug-likeness (QED) is 0.212. The van der Waals surface area contributed by atoms with Crippen molar-refractivity contribution in [2.45, 2.75) is 609 Å². The van der Waals surface area contributed by atoms with Crippen LogP contribution in [0.25, 0.3) is 0 Å². The van der Waals surface area contributed by atoms with Crippen molar-refractivity contribution >= 4 is 0 Å². The third kappa shape index (κ3) is 759000. The first-order valence-electron chi connectivity index (χ1n) is 46.0. The van der Waals surface area contributed by atoms with Crippen LogP contribution in [-0.2, 0) is 0 Å². The van der Waals surface area contributed by atoms with Crippen LogP contribution in [0.5, 0.6) is 0 Å². The summed E-state index contributed by atoms with van der Waals surface area (Å²) in [5, 5.41) is 0. The molecule has 0 amide bonds. The molecule has 0 aliphatic carbocycles. The number of hydrogen-bond donors (Lipinski definition) is 0. The predicted molar refractivity (Wildman–Crippen MR) is 547 cm³/mol. The van der Waals surface area contributed by atoms with Crippen molar-refractivity contribution in [3.63, 3.8) is 0 Å². The lowest BCUT2D eigenvalue weighted by molar-refractivity contribution is 0.469. The van der Waals surface area contributed by atoms with Crippen LogP contribution in [0.4, 0.5) is 0 Å². The van der Waals surface area contributed by atoms with Gasteiger partial charge in [-0.2, -0.15) is 0 Å². The van der Waals surface area contributed by atoms with E-state index in [-0.39, 0.29) is 0 Å². The van der Waals surface area contributed by atoms with E-state index < -0.39 is 0 Å². The first-order valence-corrected chi connectivity index (χ1v) is 46.0. The number of hydrogen-bond acceptors (Lipinski definition) is 0. The Morgan fingerprint density at radius 1 is 0.0722 bits per heavy atom. The highest BCUT2D eigenvalue weighted by atomic mass is 14.0. The summed E-state index contributed by atoms with van der Waals surface area (Å²) in [4.78, 5) is 0. The minimum atomic E-state index is 0.500. The third-order valence-electron chi connectivity index (χ3n) is 0. The van der Waals surface area contributed by atoms with Gasteiger partial charge in [-0.15, -0.1) is 52.6 Å². The maximum atomic E-state index is 3.00. The molecule has 0 nitrogen and oxygen atoms in total. The molecule has 0 radical (unpaired) electrons. The Balaban J connectivity index is -0.00000000586. The molecule has 0 saturated heterocycles. The molecule has 0 bridgehead atoms. The van der Waals surface area contributed by atoms with E-state index in [1.807, 2.05) is 582 Å². The minimum absolute atomic E-state index is 0.500. The van der Waals surface area contributed by atoms with E-state index in [1.165, 1.54) is 0 Å². The summed E-state index contributed by atoms with van der Waals surface area (Å²) in [5.41, 5.74) is 0.500. The van der Waals surface area contributed by atoms with Crippen molar-refractivity contribution in [2.75, 3.05) is 0 Å². The lowest BCUT2D eigenvalue weighted by Gasteiger charge is -2.05. The topological polar surface area (TPSA) is 0 Å². The van der Waals surface area contributed by atoms with Crippen LogP contribution in [0.15, 0.2) is 52.6 Å². The van der Waals surface area contributed by atoms with E-state index in [0.717, 1.165) is 0 Å². The minimum Gasteiger partial charge on any atom is -0.106 e. The Morgan fingerprint density at radius 3 is 0.0722 bits per heavy atom. The number of rotatable bonds is 0. The Kier molecular flexibility index (Phi) is 127000. The van der Waals surface area contributed by atoms with Gasteiger partial charge in [0.15, 0.2) is 0 Å².